The lowest BCUT2D eigenvalue weighted by atomic mass is 10.1. The Morgan fingerprint density at radius 1 is 1.40 bits per heavy atom. The molecule has 4 heteroatoms. The van der Waals surface area contributed by atoms with E-state index in [0.717, 1.165) is 18.5 Å². The van der Waals surface area contributed by atoms with E-state index in [1.54, 1.807) is 7.11 Å². The smallest absolute Gasteiger partial charge is 0.267 e. The van der Waals surface area contributed by atoms with E-state index in [9.17, 15) is 4.79 Å². The SMILES string of the molecule is CCCCCCc1n[nH]c(=O)cc1OC. The number of aromatic nitrogens is 2. The highest BCUT2D eigenvalue weighted by atomic mass is 16.5. The van der Waals surface area contributed by atoms with Crippen LogP contribution in [0.25, 0.3) is 0 Å². The molecule has 1 rings (SSSR count). The van der Waals surface area contributed by atoms with Crippen molar-refractivity contribution in [2.75, 3.05) is 7.11 Å². The second kappa shape index (κ2) is 6.22. The van der Waals surface area contributed by atoms with Crippen molar-refractivity contribution < 1.29 is 4.74 Å². The number of unbranched alkanes of at least 4 members (excludes halogenated alkanes) is 3. The second-order valence-electron chi connectivity index (χ2n) is 3.56. The van der Waals surface area contributed by atoms with Crippen LogP contribution in [0.4, 0.5) is 0 Å². The van der Waals surface area contributed by atoms with Gasteiger partial charge >= 0.3 is 0 Å². The zero-order chi connectivity index (χ0) is 11.1. The topological polar surface area (TPSA) is 55.0 Å². The van der Waals surface area contributed by atoms with Gasteiger partial charge in [-0.1, -0.05) is 26.2 Å². The van der Waals surface area contributed by atoms with Crippen LogP contribution in [0.5, 0.6) is 5.75 Å². The summed E-state index contributed by atoms with van der Waals surface area (Å²) in [5.41, 5.74) is 0.623. The highest BCUT2D eigenvalue weighted by Gasteiger charge is 2.04. The largest absolute Gasteiger partial charge is 0.495 e. The van der Waals surface area contributed by atoms with Crippen LogP contribution in [0.1, 0.15) is 38.3 Å². The third-order valence-corrected chi connectivity index (χ3v) is 2.33. The van der Waals surface area contributed by atoms with Crippen molar-refractivity contribution in [3.63, 3.8) is 0 Å². The van der Waals surface area contributed by atoms with Crippen molar-refractivity contribution in [2.24, 2.45) is 0 Å². The average Bonchev–Trinajstić information content (AvgIpc) is 2.26. The van der Waals surface area contributed by atoms with Gasteiger partial charge in [-0.15, -0.1) is 0 Å². The highest BCUT2D eigenvalue weighted by Crippen LogP contribution is 2.14. The third kappa shape index (κ3) is 3.73. The van der Waals surface area contributed by atoms with Crippen molar-refractivity contribution in [3.8, 4) is 5.75 Å². The number of hydrogen-bond donors (Lipinski definition) is 1. The number of aromatic amines is 1. The molecule has 1 N–H and O–H groups in total. The molecular formula is C11H18N2O2. The number of methoxy groups -OCH3 is 1. The van der Waals surface area contributed by atoms with Gasteiger partial charge in [0.15, 0.2) is 0 Å². The Morgan fingerprint density at radius 3 is 2.87 bits per heavy atom. The van der Waals surface area contributed by atoms with E-state index < -0.39 is 0 Å². The number of hydrogen-bond acceptors (Lipinski definition) is 3. The minimum absolute atomic E-state index is 0.218. The average molecular weight is 210 g/mol. The lowest BCUT2D eigenvalue weighted by molar-refractivity contribution is 0.403. The lowest BCUT2D eigenvalue weighted by Gasteiger charge is -2.05. The van der Waals surface area contributed by atoms with Crippen LogP contribution in [0.3, 0.4) is 0 Å². The van der Waals surface area contributed by atoms with Crippen molar-refractivity contribution in [1.82, 2.24) is 10.2 Å². The number of rotatable bonds is 6. The van der Waals surface area contributed by atoms with E-state index in [1.807, 2.05) is 0 Å². The zero-order valence-electron chi connectivity index (χ0n) is 9.38. The number of nitrogens with one attached hydrogen (secondary N) is 1. The molecule has 0 aliphatic rings. The summed E-state index contributed by atoms with van der Waals surface area (Å²) in [6.45, 7) is 2.18. The van der Waals surface area contributed by atoms with Gasteiger partial charge < -0.3 is 4.74 Å². The van der Waals surface area contributed by atoms with Crippen LogP contribution >= 0.6 is 0 Å². The van der Waals surface area contributed by atoms with Crippen molar-refractivity contribution in [3.05, 3.63) is 22.1 Å². The molecule has 1 aromatic rings. The van der Waals surface area contributed by atoms with Gasteiger partial charge in [0.2, 0.25) is 0 Å². The molecule has 15 heavy (non-hydrogen) atoms. The van der Waals surface area contributed by atoms with Gasteiger partial charge in [-0.25, -0.2) is 5.10 Å². The first-order chi connectivity index (χ1) is 7.27. The summed E-state index contributed by atoms with van der Waals surface area (Å²) in [4.78, 5) is 11.0. The molecule has 0 saturated carbocycles. The first-order valence-electron chi connectivity index (χ1n) is 5.40. The minimum Gasteiger partial charge on any atom is -0.495 e. The fourth-order valence-electron chi connectivity index (χ4n) is 1.49. The van der Waals surface area contributed by atoms with Crippen LogP contribution in [0.15, 0.2) is 10.9 Å². The van der Waals surface area contributed by atoms with E-state index in [0.29, 0.717) is 5.75 Å². The number of ether oxygens (including phenoxy) is 1. The molecule has 0 atom stereocenters. The van der Waals surface area contributed by atoms with Crippen molar-refractivity contribution >= 4 is 0 Å². The van der Waals surface area contributed by atoms with Crippen LogP contribution in [-0.2, 0) is 6.42 Å². The van der Waals surface area contributed by atoms with E-state index in [2.05, 4.69) is 17.1 Å². The van der Waals surface area contributed by atoms with Gasteiger partial charge in [-0.2, -0.15) is 5.10 Å². The Morgan fingerprint density at radius 2 is 2.20 bits per heavy atom. The molecule has 0 bridgehead atoms. The monoisotopic (exact) mass is 210 g/mol. The predicted octanol–water partition coefficient (Wildman–Crippen LogP) is 1.90. The normalized spacial score (nSPS) is 10.3. The van der Waals surface area contributed by atoms with Gasteiger partial charge in [-0.05, 0) is 12.8 Å². The summed E-state index contributed by atoms with van der Waals surface area (Å²) >= 11 is 0. The zero-order valence-corrected chi connectivity index (χ0v) is 9.38. The van der Waals surface area contributed by atoms with Gasteiger partial charge in [0.05, 0.1) is 7.11 Å². The number of aryl methyl sites for hydroxylation is 1. The number of nitrogens with zero attached hydrogens (tertiary/aromatic N) is 1. The second-order valence-corrected chi connectivity index (χ2v) is 3.56. The van der Waals surface area contributed by atoms with Gasteiger partial charge in [0.25, 0.3) is 5.56 Å². The standard InChI is InChI=1S/C11H18N2O2/c1-3-4-5-6-7-9-10(15-2)8-11(14)13-12-9/h8H,3-7H2,1-2H3,(H,13,14). The Hall–Kier alpha value is -1.32. The molecule has 0 fully saturated rings. The molecule has 0 amide bonds. The molecule has 0 unspecified atom stereocenters. The summed E-state index contributed by atoms with van der Waals surface area (Å²) in [5.74, 6) is 0.593. The summed E-state index contributed by atoms with van der Waals surface area (Å²) < 4.78 is 5.10. The molecule has 4 nitrogen and oxygen atoms in total. The maximum Gasteiger partial charge on any atom is 0.267 e. The fraction of sp³-hybridized carbons (Fsp3) is 0.636. The van der Waals surface area contributed by atoms with E-state index >= 15 is 0 Å². The molecule has 0 aromatic carbocycles. The molecule has 1 heterocycles. The van der Waals surface area contributed by atoms with E-state index in [4.69, 9.17) is 4.74 Å². The summed E-state index contributed by atoms with van der Waals surface area (Å²) in [5, 5.41) is 6.41. The van der Waals surface area contributed by atoms with Gasteiger partial charge in [0.1, 0.15) is 11.4 Å². The van der Waals surface area contributed by atoms with Crippen LogP contribution in [0.2, 0.25) is 0 Å². The summed E-state index contributed by atoms with van der Waals surface area (Å²) in [6, 6.07) is 1.45. The first kappa shape index (κ1) is 11.8. The third-order valence-electron chi connectivity index (χ3n) is 2.33. The van der Waals surface area contributed by atoms with Crippen molar-refractivity contribution in [1.29, 1.82) is 0 Å². The lowest BCUT2D eigenvalue weighted by Crippen LogP contribution is -2.10. The van der Waals surface area contributed by atoms with Gasteiger partial charge in [-0.3, -0.25) is 4.79 Å². The molecule has 0 spiro atoms. The Labute approximate surface area is 89.7 Å². The maximum absolute atomic E-state index is 11.0. The molecular weight excluding hydrogens is 192 g/mol. The highest BCUT2D eigenvalue weighted by molar-refractivity contribution is 5.24. The molecule has 0 aliphatic carbocycles. The maximum atomic E-state index is 11.0. The Kier molecular flexibility index (Phi) is 4.87. The van der Waals surface area contributed by atoms with Gasteiger partial charge in [0, 0.05) is 6.07 Å². The quantitative estimate of drug-likeness (QED) is 0.729. The van der Waals surface area contributed by atoms with E-state index in [1.165, 1.54) is 25.3 Å². The molecule has 1 aromatic heterocycles. The van der Waals surface area contributed by atoms with Crippen molar-refractivity contribution in [2.45, 2.75) is 39.0 Å². The molecule has 0 aliphatic heterocycles. The Balaban J connectivity index is 2.56. The van der Waals surface area contributed by atoms with E-state index in [-0.39, 0.29) is 5.56 Å². The summed E-state index contributed by atoms with van der Waals surface area (Å²) in [7, 11) is 1.56. The fourth-order valence-corrected chi connectivity index (χ4v) is 1.49. The van der Waals surface area contributed by atoms with Crippen LogP contribution < -0.4 is 10.3 Å². The van der Waals surface area contributed by atoms with Crippen LogP contribution in [0, 0.1) is 0 Å². The first-order valence-corrected chi connectivity index (χ1v) is 5.40. The number of H-pyrrole nitrogens is 1. The predicted molar refractivity (Wildman–Crippen MR) is 59.3 cm³/mol. The summed E-state index contributed by atoms with van der Waals surface area (Å²) in [6.07, 6.45) is 5.60. The molecule has 84 valence electrons. The Bertz CT molecular complexity index is 347. The molecule has 0 radical (unpaired) electrons. The van der Waals surface area contributed by atoms with Crippen LogP contribution in [-0.4, -0.2) is 17.3 Å². The minimum atomic E-state index is -0.218. The molecule has 0 saturated heterocycles.